The van der Waals surface area contributed by atoms with Crippen molar-refractivity contribution in [3.8, 4) is 0 Å². The Balaban J connectivity index is 2.09. The highest BCUT2D eigenvalue weighted by Gasteiger charge is 2.08. The van der Waals surface area contributed by atoms with Gasteiger partial charge in [-0.25, -0.2) is 0 Å². The first kappa shape index (κ1) is 10.8. The van der Waals surface area contributed by atoms with Crippen LogP contribution in [-0.4, -0.2) is 15.1 Å². The van der Waals surface area contributed by atoms with Crippen LogP contribution in [0.5, 0.6) is 0 Å². The van der Waals surface area contributed by atoms with Gasteiger partial charge in [0.1, 0.15) is 0 Å². The average molecular weight is 214 g/mol. The van der Waals surface area contributed by atoms with E-state index in [0.29, 0.717) is 6.42 Å². The molecule has 0 amide bonds. The molecule has 16 heavy (non-hydrogen) atoms. The van der Waals surface area contributed by atoms with Crippen molar-refractivity contribution in [3.05, 3.63) is 59.7 Å². The minimum absolute atomic E-state index is 0.504. The van der Waals surface area contributed by atoms with Crippen LogP contribution < -0.4 is 0 Å². The van der Waals surface area contributed by atoms with Gasteiger partial charge in [0.2, 0.25) is 0 Å². The summed E-state index contributed by atoms with van der Waals surface area (Å²) in [5, 5.41) is 10.0. The summed E-state index contributed by atoms with van der Waals surface area (Å²) < 4.78 is 0. The predicted molar refractivity (Wildman–Crippen MR) is 61.9 cm³/mol. The Kier molecular flexibility index (Phi) is 3.27. The first-order valence-corrected chi connectivity index (χ1v) is 5.25. The second-order valence-corrected chi connectivity index (χ2v) is 3.81. The highest BCUT2D eigenvalue weighted by atomic mass is 16.3. The fraction of sp³-hybridized carbons (Fsp3) is 0.231. The van der Waals surface area contributed by atoms with E-state index < -0.39 is 6.10 Å². The van der Waals surface area contributed by atoms with Crippen molar-refractivity contribution in [2.75, 3.05) is 0 Å². The molecule has 3 heteroatoms. The lowest BCUT2D eigenvalue weighted by Crippen LogP contribution is -2.02. The third-order valence-corrected chi connectivity index (χ3v) is 2.50. The van der Waals surface area contributed by atoms with Gasteiger partial charge in [-0.3, -0.25) is 9.97 Å². The van der Waals surface area contributed by atoms with Crippen LogP contribution in [0.1, 0.15) is 22.9 Å². The van der Waals surface area contributed by atoms with Gasteiger partial charge in [-0.15, -0.1) is 0 Å². The fourth-order valence-corrected chi connectivity index (χ4v) is 1.54. The average Bonchev–Trinajstić information content (AvgIpc) is 2.31. The molecule has 0 spiro atoms. The summed E-state index contributed by atoms with van der Waals surface area (Å²) in [7, 11) is 0. The molecule has 1 N–H and O–H groups in total. The minimum Gasteiger partial charge on any atom is -0.388 e. The predicted octanol–water partition coefficient (Wildman–Crippen LogP) is 2.06. The van der Waals surface area contributed by atoms with E-state index in [-0.39, 0.29) is 0 Å². The number of hydrogen-bond donors (Lipinski definition) is 1. The Labute approximate surface area is 94.8 Å². The molecule has 2 aromatic rings. The Morgan fingerprint density at radius 1 is 1.19 bits per heavy atom. The Morgan fingerprint density at radius 3 is 2.56 bits per heavy atom. The molecule has 1 unspecified atom stereocenters. The van der Waals surface area contributed by atoms with Crippen molar-refractivity contribution < 1.29 is 5.11 Å². The normalized spacial score (nSPS) is 12.4. The molecule has 0 aromatic carbocycles. The number of aliphatic hydroxyl groups is 1. The van der Waals surface area contributed by atoms with E-state index in [2.05, 4.69) is 9.97 Å². The maximum atomic E-state index is 10.0. The van der Waals surface area contributed by atoms with Crippen molar-refractivity contribution in [1.29, 1.82) is 0 Å². The second-order valence-electron chi connectivity index (χ2n) is 3.81. The molecule has 0 saturated heterocycles. The molecule has 1 atom stereocenters. The molecule has 0 fully saturated rings. The lowest BCUT2D eigenvalue weighted by atomic mass is 10.0. The molecule has 2 aromatic heterocycles. The number of aryl methyl sites for hydroxylation is 1. The molecule has 2 heterocycles. The summed E-state index contributed by atoms with van der Waals surface area (Å²) >= 11 is 0. The summed E-state index contributed by atoms with van der Waals surface area (Å²) in [6.45, 7) is 1.93. The molecule has 0 saturated carbocycles. The molecule has 2 rings (SSSR count). The van der Waals surface area contributed by atoms with E-state index in [1.54, 1.807) is 18.6 Å². The number of hydrogen-bond acceptors (Lipinski definition) is 3. The van der Waals surface area contributed by atoms with Crippen LogP contribution in [0, 0.1) is 6.92 Å². The summed E-state index contributed by atoms with van der Waals surface area (Å²) in [4.78, 5) is 8.11. The molecule has 3 nitrogen and oxygen atoms in total. The largest absolute Gasteiger partial charge is 0.388 e. The van der Waals surface area contributed by atoms with E-state index in [0.717, 1.165) is 16.8 Å². The number of rotatable bonds is 3. The van der Waals surface area contributed by atoms with Gasteiger partial charge in [-0.05, 0) is 36.2 Å². The summed E-state index contributed by atoms with van der Waals surface area (Å²) in [5.41, 5.74) is 2.88. The highest BCUT2D eigenvalue weighted by Crippen LogP contribution is 2.16. The van der Waals surface area contributed by atoms with Crippen molar-refractivity contribution in [2.24, 2.45) is 0 Å². The first-order valence-electron chi connectivity index (χ1n) is 5.25. The molecule has 0 bridgehead atoms. The van der Waals surface area contributed by atoms with Gasteiger partial charge in [0, 0.05) is 30.7 Å². The van der Waals surface area contributed by atoms with E-state index in [1.165, 1.54) is 0 Å². The van der Waals surface area contributed by atoms with Gasteiger partial charge in [0.15, 0.2) is 0 Å². The number of aliphatic hydroxyl groups excluding tert-OH is 1. The van der Waals surface area contributed by atoms with Gasteiger partial charge in [0.05, 0.1) is 6.10 Å². The molecule has 0 aliphatic carbocycles. The number of aromatic nitrogens is 2. The van der Waals surface area contributed by atoms with Crippen LogP contribution in [0.3, 0.4) is 0 Å². The first-order chi connectivity index (χ1) is 7.75. The molecular weight excluding hydrogens is 200 g/mol. The maximum absolute atomic E-state index is 10.0. The zero-order valence-electron chi connectivity index (χ0n) is 9.17. The van der Waals surface area contributed by atoms with Gasteiger partial charge in [-0.2, -0.15) is 0 Å². The maximum Gasteiger partial charge on any atom is 0.0845 e. The Bertz CT molecular complexity index is 439. The van der Waals surface area contributed by atoms with Crippen LogP contribution in [-0.2, 0) is 6.42 Å². The smallest absolute Gasteiger partial charge is 0.0845 e. The van der Waals surface area contributed by atoms with Crippen molar-refractivity contribution in [2.45, 2.75) is 19.4 Å². The quantitative estimate of drug-likeness (QED) is 0.850. The van der Waals surface area contributed by atoms with Crippen LogP contribution in [0.4, 0.5) is 0 Å². The van der Waals surface area contributed by atoms with Gasteiger partial charge < -0.3 is 5.11 Å². The Morgan fingerprint density at radius 2 is 1.94 bits per heavy atom. The summed E-state index contributed by atoms with van der Waals surface area (Å²) in [6, 6.07) is 7.63. The van der Waals surface area contributed by atoms with Gasteiger partial charge in [0.25, 0.3) is 0 Å². The summed E-state index contributed by atoms with van der Waals surface area (Å²) in [5.74, 6) is 0. The third-order valence-electron chi connectivity index (χ3n) is 2.50. The van der Waals surface area contributed by atoms with Crippen LogP contribution in [0.25, 0.3) is 0 Å². The fourth-order valence-electron chi connectivity index (χ4n) is 1.54. The summed E-state index contributed by atoms with van der Waals surface area (Å²) in [6.07, 6.45) is 5.27. The molecule has 82 valence electrons. The van der Waals surface area contributed by atoms with Crippen molar-refractivity contribution in [1.82, 2.24) is 9.97 Å². The second kappa shape index (κ2) is 4.86. The van der Waals surface area contributed by atoms with Crippen molar-refractivity contribution >= 4 is 0 Å². The lowest BCUT2D eigenvalue weighted by molar-refractivity contribution is 0.178. The third kappa shape index (κ3) is 2.64. The minimum atomic E-state index is -0.504. The zero-order valence-corrected chi connectivity index (χ0v) is 9.17. The topological polar surface area (TPSA) is 46.0 Å². The number of nitrogens with zero attached hydrogens (tertiary/aromatic N) is 2. The van der Waals surface area contributed by atoms with Gasteiger partial charge in [-0.1, -0.05) is 6.07 Å². The van der Waals surface area contributed by atoms with Crippen LogP contribution in [0.15, 0.2) is 42.9 Å². The van der Waals surface area contributed by atoms with Crippen LogP contribution in [0.2, 0.25) is 0 Å². The molecule has 0 aliphatic heterocycles. The van der Waals surface area contributed by atoms with E-state index in [1.807, 2.05) is 31.2 Å². The van der Waals surface area contributed by atoms with E-state index in [4.69, 9.17) is 0 Å². The van der Waals surface area contributed by atoms with Crippen molar-refractivity contribution in [3.63, 3.8) is 0 Å². The molecule has 0 aliphatic rings. The van der Waals surface area contributed by atoms with Gasteiger partial charge >= 0.3 is 0 Å². The monoisotopic (exact) mass is 214 g/mol. The number of pyridine rings is 2. The Hall–Kier alpha value is -1.74. The van der Waals surface area contributed by atoms with E-state index >= 15 is 0 Å². The van der Waals surface area contributed by atoms with E-state index in [9.17, 15) is 5.11 Å². The zero-order chi connectivity index (χ0) is 11.4. The van der Waals surface area contributed by atoms with Crippen LogP contribution >= 0.6 is 0 Å². The lowest BCUT2D eigenvalue weighted by Gasteiger charge is -2.10. The standard InChI is InChI=1S/C13H14N2O/c1-10-2-3-12(9-15-10)13(16)8-11-4-6-14-7-5-11/h2-7,9,13,16H,8H2,1H3. The molecule has 0 radical (unpaired) electrons. The SMILES string of the molecule is Cc1ccc(C(O)Cc2ccncc2)cn1. The molecular formula is C13H14N2O. The highest BCUT2D eigenvalue weighted by molar-refractivity contribution is 5.19.